The van der Waals surface area contributed by atoms with Gasteiger partial charge in [0.2, 0.25) is 0 Å². The van der Waals surface area contributed by atoms with Gasteiger partial charge in [0.15, 0.2) is 0 Å². The van der Waals surface area contributed by atoms with Crippen LogP contribution < -0.4 is 5.73 Å². The number of rotatable bonds is 6. The third kappa shape index (κ3) is 5.15. The van der Waals surface area contributed by atoms with E-state index in [-0.39, 0.29) is 5.82 Å². The second-order valence-electron chi connectivity index (χ2n) is 4.67. The first-order chi connectivity index (χ1) is 8.02. The lowest BCUT2D eigenvalue weighted by Gasteiger charge is -2.23. The van der Waals surface area contributed by atoms with Crippen LogP contribution in [-0.4, -0.2) is 24.5 Å². The van der Waals surface area contributed by atoms with Gasteiger partial charge in [0.1, 0.15) is 5.82 Å². The SMILES string of the molecule is CC(C)CN(CCN)Cc1ccc(F)c(Br)c1. The highest BCUT2D eigenvalue weighted by Crippen LogP contribution is 2.18. The summed E-state index contributed by atoms with van der Waals surface area (Å²) in [6.07, 6.45) is 0. The Kier molecular flexibility index (Phi) is 6.09. The van der Waals surface area contributed by atoms with Gasteiger partial charge in [-0.3, -0.25) is 4.90 Å². The average molecular weight is 303 g/mol. The molecule has 0 aromatic heterocycles. The summed E-state index contributed by atoms with van der Waals surface area (Å²) < 4.78 is 13.6. The third-order valence-electron chi connectivity index (χ3n) is 2.46. The fourth-order valence-electron chi connectivity index (χ4n) is 1.83. The first-order valence-corrected chi connectivity index (χ1v) is 6.68. The molecule has 0 radical (unpaired) electrons. The van der Waals surface area contributed by atoms with E-state index >= 15 is 0 Å². The van der Waals surface area contributed by atoms with E-state index in [1.54, 1.807) is 0 Å². The van der Waals surface area contributed by atoms with Crippen LogP contribution in [-0.2, 0) is 6.54 Å². The molecular weight excluding hydrogens is 283 g/mol. The molecule has 0 aliphatic heterocycles. The minimum absolute atomic E-state index is 0.219. The molecule has 0 unspecified atom stereocenters. The van der Waals surface area contributed by atoms with Crippen LogP contribution in [0.4, 0.5) is 4.39 Å². The van der Waals surface area contributed by atoms with Crippen LogP contribution in [0.1, 0.15) is 19.4 Å². The van der Waals surface area contributed by atoms with Gasteiger partial charge in [0.05, 0.1) is 4.47 Å². The van der Waals surface area contributed by atoms with Crippen molar-refractivity contribution in [3.8, 4) is 0 Å². The summed E-state index contributed by atoms with van der Waals surface area (Å²) in [5, 5.41) is 0. The van der Waals surface area contributed by atoms with E-state index in [0.29, 0.717) is 16.9 Å². The van der Waals surface area contributed by atoms with E-state index in [9.17, 15) is 4.39 Å². The molecule has 17 heavy (non-hydrogen) atoms. The number of hydrogen-bond acceptors (Lipinski definition) is 2. The summed E-state index contributed by atoms with van der Waals surface area (Å²) in [4.78, 5) is 2.30. The number of benzene rings is 1. The van der Waals surface area contributed by atoms with Crippen LogP contribution in [0.3, 0.4) is 0 Å². The molecule has 1 aromatic carbocycles. The topological polar surface area (TPSA) is 29.3 Å². The van der Waals surface area contributed by atoms with Crippen molar-refractivity contribution >= 4 is 15.9 Å². The molecule has 4 heteroatoms. The Bertz CT molecular complexity index is 355. The van der Waals surface area contributed by atoms with E-state index in [4.69, 9.17) is 5.73 Å². The van der Waals surface area contributed by atoms with Crippen LogP contribution in [0, 0.1) is 11.7 Å². The molecule has 0 aliphatic carbocycles. The standard InChI is InChI=1S/C13H20BrFN2/c1-10(2)8-17(6-5-16)9-11-3-4-13(15)12(14)7-11/h3-4,7,10H,5-6,8-9,16H2,1-2H3. The van der Waals surface area contributed by atoms with Crippen molar-refractivity contribution in [1.29, 1.82) is 0 Å². The Morgan fingerprint density at radius 3 is 2.65 bits per heavy atom. The van der Waals surface area contributed by atoms with Gasteiger partial charge in [0, 0.05) is 26.2 Å². The zero-order valence-corrected chi connectivity index (χ0v) is 12.0. The summed E-state index contributed by atoms with van der Waals surface area (Å²) in [5.74, 6) is 0.383. The largest absolute Gasteiger partial charge is 0.329 e. The molecule has 2 nitrogen and oxygen atoms in total. The monoisotopic (exact) mass is 302 g/mol. The molecule has 0 atom stereocenters. The van der Waals surface area contributed by atoms with Gasteiger partial charge in [-0.15, -0.1) is 0 Å². The fraction of sp³-hybridized carbons (Fsp3) is 0.538. The predicted octanol–water partition coefficient (Wildman–Crippen LogP) is 3.00. The van der Waals surface area contributed by atoms with Gasteiger partial charge in [0.25, 0.3) is 0 Å². The Morgan fingerprint density at radius 1 is 1.41 bits per heavy atom. The summed E-state index contributed by atoms with van der Waals surface area (Å²) >= 11 is 3.21. The van der Waals surface area contributed by atoms with Gasteiger partial charge < -0.3 is 5.73 Å². The van der Waals surface area contributed by atoms with Crippen molar-refractivity contribution in [2.45, 2.75) is 20.4 Å². The molecule has 1 rings (SSSR count). The van der Waals surface area contributed by atoms with Crippen molar-refractivity contribution in [2.75, 3.05) is 19.6 Å². The smallest absolute Gasteiger partial charge is 0.137 e. The Labute approximate surface area is 111 Å². The first-order valence-electron chi connectivity index (χ1n) is 5.89. The quantitative estimate of drug-likeness (QED) is 0.875. The molecule has 0 heterocycles. The summed E-state index contributed by atoms with van der Waals surface area (Å²) in [6, 6.07) is 5.15. The Balaban J connectivity index is 2.67. The molecule has 0 aliphatic rings. The summed E-state index contributed by atoms with van der Waals surface area (Å²) in [7, 11) is 0. The van der Waals surface area contributed by atoms with Crippen molar-refractivity contribution in [1.82, 2.24) is 4.90 Å². The maximum atomic E-state index is 13.1. The fourth-order valence-corrected chi connectivity index (χ4v) is 2.26. The highest BCUT2D eigenvalue weighted by atomic mass is 79.9. The van der Waals surface area contributed by atoms with Gasteiger partial charge in [-0.2, -0.15) is 0 Å². The minimum Gasteiger partial charge on any atom is -0.329 e. The summed E-state index contributed by atoms with van der Waals surface area (Å²) in [5.41, 5.74) is 6.71. The van der Waals surface area contributed by atoms with E-state index in [0.717, 1.165) is 25.2 Å². The third-order valence-corrected chi connectivity index (χ3v) is 3.07. The summed E-state index contributed by atoms with van der Waals surface area (Å²) in [6.45, 7) is 7.71. The van der Waals surface area contributed by atoms with Gasteiger partial charge in [-0.05, 0) is 39.5 Å². The molecule has 0 saturated carbocycles. The Morgan fingerprint density at radius 2 is 2.12 bits per heavy atom. The highest BCUT2D eigenvalue weighted by molar-refractivity contribution is 9.10. The van der Waals surface area contributed by atoms with E-state index in [1.165, 1.54) is 6.07 Å². The number of halogens is 2. The predicted molar refractivity (Wildman–Crippen MR) is 73.3 cm³/mol. The molecule has 0 saturated heterocycles. The van der Waals surface area contributed by atoms with Gasteiger partial charge in [-0.25, -0.2) is 4.39 Å². The van der Waals surface area contributed by atoms with Crippen LogP contribution in [0.25, 0.3) is 0 Å². The van der Waals surface area contributed by atoms with Crippen LogP contribution in [0.2, 0.25) is 0 Å². The van der Waals surface area contributed by atoms with E-state index in [1.807, 2.05) is 12.1 Å². The lowest BCUT2D eigenvalue weighted by atomic mass is 10.1. The van der Waals surface area contributed by atoms with Crippen molar-refractivity contribution in [3.63, 3.8) is 0 Å². The molecule has 0 amide bonds. The molecule has 1 aromatic rings. The van der Waals surface area contributed by atoms with E-state index < -0.39 is 0 Å². The van der Waals surface area contributed by atoms with Crippen molar-refractivity contribution in [3.05, 3.63) is 34.1 Å². The second-order valence-corrected chi connectivity index (χ2v) is 5.52. The van der Waals surface area contributed by atoms with Crippen LogP contribution in [0.15, 0.2) is 22.7 Å². The molecular formula is C13H20BrFN2. The maximum Gasteiger partial charge on any atom is 0.137 e. The number of nitrogens with two attached hydrogens (primary N) is 1. The first kappa shape index (κ1) is 14.6. The number of hydrogen-bond donors (Lipinski definition) is 1. The lowest BCUT2D eigenvalue weighted by Crippen LogP contribution is -2.32. The second kappa shape index (κ2) is 7.09. The van der Waals surface area contributed by atoms with Crippen molar-refractivity contribution < 1.29 is 4.39 Å². The van der Waals surface area contributed by atoms with Gasteiger partial charge >= 0.3 is 0 Å². The molecule has 0 spiro atoms. The van der Waals surface area contributed by atoms with Crippen LogP contribution in [0.5, 0.6) is 0 Å². The zero-order chi connectivity index (χ0) is 12.8. The average Bonchev–Trinajstić information content (AvgIpc) is 2.23. The molecule has 2 N–H and O–H groups in total. The van der Waals surface area contributed by atoms with Crippen LogP contribution >= 0.6 is 15.9 Å². The van der Waals surface area contributed by atoms with Gasteiger partial charge in [-0.1, -0.05) is 19.9 Å². The Hall–Kier alpha value is -0.450. The molecule has 0 fully saturated rings. The number of nitrogens with zero attached hydrogens (tertiary/aromatic N) is 1. The lowest BCUT2D eigenvalue weighted by molar-refractivity contribution is 0.242. The minimum atomic E-state index is -0.219. The highest BCUT2D eigenvalue weighted by Gasteiger charge is 2.08. The maximum absolute atomic E-state index is 13.1. The zero-order valence-electron chi connectivity index (χ0n) is 10.4. The molecule has 0 bridgehead atoms. The van der Waals surface area contributed by atoms with E-state index in [2.05, 4.69) is 34.7 Å². The van der Waals surface area contributed by atoms with Crippen molar-refractivity contribution in [2.24, 2.45) is 11.7 Å². The molecule has 96 valence electrons. The normalized spacial score (nSPS) is 11.5.